The number of carbonyl (C=O) groups excluding carboxylic acids is 1. The molecule has 6 heteroatoms. The van der Waals surface area contributed by atoms with Crippen molar-refractivity contribution in [1.82, 2.24) is 20.0 Å². The molecule has 1 amide bonds. The number of hydrogen-bond acceptors (Lipinski definition) is 3. The van der Waals surface area contributed by atoms with Crippen molar-refractivity contribution in [2.24, 2.45) is 0 Å². The van der Waals surface area contributed by atoms with E-state index >= 15 is 0 Å². The van der Waals surface area contributed by atoms with Crippen LogP contribution in [-0.2, 0) is 11.3 Å². The Balaban J connectivity index is 1.66. The molecule has 2 aromatic rings. The Kier molecular flexibility index (Phi) is 4.94. The van der Waals surface area contributed by atoms with Crippen molar-refractivity contribution in [3.8, 4) is 0 Å². The standard InChI is InChI=1S/C18H23FN4O/c1-13(8-11-23-10-3-9-20-23)21-16-12-17(24)22(2)18(16)14-4-6-15(19)7-5-14/h3-7,9-10,13,16,18,21H,8,11-12H2,1-2H3/t13-,16+,18+/m1/s1. The first-order valence-electron chi connectivity index (χ1n) is 8.29. The molecule has 1 aliphatic heterocycles. The molecule has 0 unspecified atom stereocenters. The Morgan fingerprint density at radius 2 is 2.12 bits per heavy atom. The van der Waals surface area contributed by atoms with Crippen LogP contribution in [0.15, 0.2) is 42.7 Å². The summed E-state index contributed by atoms with van der Waals surface area (Å²) in [5.74, 6) is -0.149. The molecule has 128 valence electrons. The number of halogens is 1. The van der Waals surface area contributed by atoms with Crippen LogP contribution in [0.1, 0.15) is 31.4 Å². The predicted octanol–water partition coefficient (Wildman–Crippen LogP) is 2.36. The van der Waals surface area contributed by atoms with E-state index in [1.165, 1.54) is 12.1 Å². The lowest BCUT2D eigenvalue weighted by atomic mass is 9.99. The van der Waals surface area contributed by atoms with E-state index in [-0.39, 0.29) is 29.8 Å². The van der Waals surface area contributed by atoms with Gasteiger partial charge in [0.15, 0.2) is 0 Å². The molecular formula is C18H23FN4O. The molecule has 3 rings (SSSR count). The van der Waals surface area contributed by atoms with E-state index in [2.05, 4.69) is 17.3 Å². The lowest BCUT2D eigenvalue weighted by Gasteiger charge is -2.28. The zero-order chi connectivity index (χ0) is 17.1. The first kappa shape index (κ1) is 16.6. The van der Waals surface area contributed by atoms with Gasteiger partial charge in [0.2, 0.25) is 5.91 Å². The molecule has 0 radical (unpaired) electrons. The van der Waals surface area contributed by atoms with Gasteiger partial charge in [0, 0.05) is 44.5 Å². The van der Waals surface area contributed by atoms with Crippen molar-refractivity contribution in [1.29, 1.82) is 0 Å². The SMILES string of the molecule is C[C@H](CCn1cccn1)N[C@H]1CC(=O)N(C)[C@H]1c1ccc(F)cc1. The van der Waals surface area contributed by atoms with Gasteiger partial charge in [0.25, 0.3) is 0 Å². The quantitative estimate of drug-likeness (QED) is 0.885. The average Bonchev–Trinajstić information content (AvgIpc) is 3.16. The van der Waals surface area contributed by atoms with Crippen LogP contribution in [0.25, 0.3) is 0 Å². The van der Waals surface area contributed by atoms with Crippen molar-refractivity contribution in [2.75, 3.05) is 7.05 Å². The van der Waals surface area contributed by atoms with Gasteiger partial charge < -0.3 is 10.2 Å². The smallest absolute Gasteiger partial charge is 0.224 e. The summed E-state index contributed by atoms with van der Waals surface area (Å²) in [6, 6.07) is 8.55. The van der Waals surface area contributed by atoms with Crippen molar-refractivity contribution in [3.05, 3.63) is 54.1 Å². The highest BCUT2D eigenvalue weighted by Crippen LogP contribution is 2.32. The topological polar surface area (TPSA) is 50.2 Å². The highest BCUT2D eigenvalue weighted by Gasteiger charge is 2.38. The summed E-state index contributed by atoms with van der Waals surface area (Å²) in [6.07, 6.45) is 5.10. The summed E-state index contributed by atoms with van der Waals surface area (Å²) in [5.41, 5.74) is 0.960. The number of hydrogen-bond donors (Lipinski definition) is 1. The van der Waals surface area contributed by atoms with Crippen LogP contribution in [0.5, 0.6) is 0 Å². The number of aryl methyl sites for hydroxylation is 1. The van der Waals surface area contributed by atoms with E-state index in [4.69, 9.17) is 0 Å². The van der Waals surface area contributed by atoms with Gasteiger partial charge >= 0.3 is 0 Å². The van der Waals surface area contributed by atoms with Gasteiger partial charge in [-0.15, -0.1) is 0 Å². The van der Waals surface area contributed by atoms with Gasteiger partial charge in [-0.3, -0.25) is 9.48 Å². The van der Waals surface area contributed by atoms with Crippen molar-refractivity contribution >= 4 is 5.91 Å². The number of amides is 1. The number of benzene rings is 1. The maximum absolute atomic E-state index is 13.2. The fourth-order valence-corrected chi connectivity index (χ4v) is 3.34. The molecule has 24 heavy (non-hydrogen) atoms. The number of likely N-dealkylation sites (tertiary alicyclic amines) is 1. The van der Waals surface area contributed by atoms with Crippen LogP contribution in [-0.4, -0.2) is 39.7 Å². The number of aromatic nitrogens is 2. The minimum absolute atomic E-state index is 0.0283. The number of carbonyl (C=O) groups is 1. The molecule has 1 aromatic carbocycles. The van der Waals surface area contributed by atoms with Crippen LogP contribution in [0, 0.1) is 5.82 Å². The minimum Gasteiger partial charge on any atom is -0.337 e. The van der Waals surface area contributed by atoms with E-state index in [1.54, 1.807) is 23.2 Å². The summed E-state index contributed by atoms with van der Waals surface area (Å²) in [5, 5.41) is 7.77. The Bertz CT molecular complexity index is 671. The van der Waals surface area contributed by atoms with Gasteiger partial charge in [-0.2, -0.15) is 5.10 Å². The van der Waals surface area contributed by atoms with Gasteiger partial charge in [-0.25, -0.2) is 4.39 Å². The molecule has 1 N–H and O–H groups in total. The third-order valence-electron chi connectivity index (χ3n) is 4.65. The summed E-state index contributed by atoms with van der Waals surface area (Å²) >= 11 is 0. The molecule has 0 saturated carbocycles. The van der Waals surface area contributed by atoms with E-state index in [0.29, 0.717) is 6.42 Å². The molecule has 2 heterocycles. The molecule has 0 aliphatic carbocycles. The molecule has 1 aromatic heterocycles. The second-order valence-corrected chi connectivity index (χ2v) is 6.44. The molecule has 5 nitrogen and oxygen atoms in total. The first-order chi connectivity index (χ1) is 11.5. The molecule has 1 saturated heterocycles. The predicted molar refractivity (Wildman–Crippen MR) is 89.8 cm³/mol. The molecule has 0 bridgehead atoms. The summed E-state index contributed by atoms with van der Waals surface area (Å²) in [7, 11) is 1.81. The molecule has 1 aliphatic rings. The Hall–Kier alpha value is -2.21. The highest BCUT2D eigenvalue weighted by molar-refractivity contribution is 5.80. The second kappa shape index (κ2) is 7.13. The van der Waals surface area contributed by atoms with Crippen LogP contribution in [0.2, 0.25) is 0 Å². The van der Waals surface area contributed by atoms with E-state index in [1.807, 2.05) is 24.0 Å². The maximum atomic E-state index is 13.2. The van der Waals surface area contributed by atoms with Crippen LogP contribution < -0.4 is 5.32 Å². The first-order valence-corrected chi connectivity index (χ1v) is 8.29. The molecule has 0 spiro atoms. The average molecular weight is 330 g/mol. The summed E-state index contributed by atoms with van der Waals surface area (Å²) in [4.78, 5) is 13.9. The fraction of sp³-hybridized carbons (Fsp3) is 0.444. The van der Waals surface area contributed by atoms with Gasteiger partial charge in [-0.1, -0.05) is 12.1 Å². The van der Waals surface area contributed by atoms with Crippen molar-refractivity contribution < 1.29 is 9.18 Å². The fourth-order valence-electron chi connectivity index (χ4n) is 3.34. The Labute approximate surface area is 141 Å². The van der Waals surface area contributed by atoms with Gasteiger partial charge in [-0.05, 0) is 37.1 Å². The van der Waals surface area contributed by atoms with E-state index in [0.717, 1.165) is 18.5 Å². The van der Waals surface area contributed by atoms with E-state index in [9.17, 15) is 9.18 Å². The van der Waals surface area contributed by atoms with Crippen molar-refractivity contribution in [3.63, 3.8) is 0 Å². The van der Waals surface area contributed by atoms with Crippen LogP contribution in [0.3, 0.4) is 0 Å². The number of likely N-dealkylation sites (N-methyl/N-ethyl adjacent to an activating group) is 1. The Morgan fingerprint density at radius 1 is 1.38 bits per heavy atom. The molecular weight excluding hydrogens is 307 g/mol. The molecule has 1 fully saturated rings. The normalized spacial score (nSPS) is 22.1. The summed E-state index contributed by atoms with van der Waals surface area (Å²) in [6.45, 7) is 2.95. The largest absolute Gasteiger partial charge is 0.337 e. The van der Waals surface area contributed by atoms with E-state index < -0.39 is 0 Å². The van der Waals surface area contributed by atoms with Gasteiger partial charge in [0.1, 0.15) is 5.82 Å². The van der Waals surface area contributed by atoms with Crippen LogP contribution in [0.4, 0.5) is 4.39 Å². The summed E-state index contributed by atoms with van der Waals surface area (Å²) < 4.78 is 15.1. The van der Waals surface area contributed by atoms with Gasteiger partial charge in [0.05, 0.1) is 6.04 Å². The highest BCUT2D eigenvalue weighted by atomic mass is 19.1. The third kappa shape index (κ3) is 3.64. The zero-order valence-electron chi connectivity index (χ0n) is 14.0. The third-order valence-corrected chi connectivity index (χ3v) is 4.65. The van der Waals surface area contributed by atoms with Crippen LogP contribution >= 0.6 is 0 Å². The maximum Gasteiger partial charge on any atom is 0.224 e. The Morgan fingerprint density at radius 3 is 2.79 bits per heavy atom. The lowest BCUT2D eigenvalue weighted by molar-refractivity contribution is -0.127. The van der Waals surface area contributed by atoms with Crippen molar-refractivity contribution in [2.45, 2.75) is 44.4 Å². The lowest BCUT2D eigenvalue weighted by Crippen LogP contribution is -2.40. The zero-order valence-corrected chi connectivity index (χ0v) is 14.0. The monoisotopic (exact) mass is 330 g/mol. The molecule has 3 atom stereocenters. The number of nitrogens with zero attached hydrogens (tertiary/aromatic N) is 3. The number of nitrogens with one attached hydrogen (secondary N) is 1. The second-order valence-electron chi connectivity index (χ2n) is 6.44. The minimum atomic E-state index is -0.261. The number of rotatable bonds is 6.